The lowest BCUT2D eigenvalue weighted by atomic mass is 10.1. The van der Waals surface area contributed by atoms with E-state index in [2.05, 4.69) is 25.6 Å². The topological polar surface area (TPSA) is 79.8 Å². The number of hydrogen-bond acceptors (Lipinski definition) is 5. The van der Waals surface area contributed by atoms with E-state index < -0.39 is 0 Å². The molecule has 0 bridgehead atoms. The van der Waals surface area contributed by atoms with Crippen molar-refractivity contribution in [2.24, 2.45) is 0 Å². The van der Waals surface area contributed by atoms with Gasteiger partial charge in [0.1, 0.15) is 11.5 Å². The lowest BCUT2D eigenvalue weighted by molar-refractivity contribution is 0.0945. The molecule has 0 aliphatic rings. The summed E-state index contributed by atoms with van der Waals surface area (Å²) in [4.78, 5) is 24.3. The second-order valence-corrected chi connectivity index (χ2v) is 5.71. The van der Waals surface area contributed by atoms with Gasteiger partial charge in [-0.15, -0.1) is 0 Å². The van der Waals surface area contributed by atoms with Crippen molar-refractivity contribution in [1.82, 2.24) is 20.3 Å². The van der Waals surface area contributed by atoms with Crippen molar-refractivity contribution in [3.63, 3.8) is 0 Å². The second-order valence-electron chi connectivity index (χ2n) is 5.71. The Morgan fingerprint density at radius 2 is 2.00 bits per heavy atom. The van der Waals surface area contributed by atoms with E-state index in [4.69, 9.17) is 0 Å². The molecule has 0 saturated heterocycles. The summed E-state index contributed by atoms with van der Waals surface area (Å²) in [6, 6.07) is 3.73. The van der Waals surface area contributed by atoms with Gasteiger partial charge < -0.3 is 10.6 Å². The van der Waals surface area contributed by atoms with Crippen LogP contribution >= 0.6 is 0 Å². The summed E-state index contributed by atoms with van der Waals surface area (Å²) >= 11 is 0. The van der Waals surface area contributed by atoms with Gasteiger partial charge in [0.15, 0.2) is 0 Å². The second kappa shape index (κ2) is 6.30. The van der Waals surface area contributed by atoms with E-state index in [1.807, 2.05) is 32.9 Å². The Morgan fingerprint density at radius 3 is 2.57 bits per heavy atom. The molecule has 2 N–H and O–H groups in total. The molecule has 0 aliphatic heterocycles. The van der Waals surface area contributed by atoms with Gasteiger partial charge in [-0.3, -0.25) is 9.78 Å². The number of anilines is 1. The van der Waals surface area contributed by atoms with Crippen LogP contribution in [0.15, 0.2) is 36.9 Å². The van der Waals surface area contributed by atoms with E-state index in [0.29, 0.717) is 18.1 Å². The highest BCUT2D eigenvalue weighted by Crippen LogP contribution is 2.10. The number of carbonyl (C=O) groups is 1. The van der Waals surface area contributed by atoms with E-state index in [-0.39, 0.29) is 11.4 Å². The van der Waals surface area contributed by atoms with Crippen LogP contribution < -0.4 is 10.6 Å². The molecular formula is C15H19N5O. The third kappa shape index (κ3) is 4.83. The fourth-order valence-corrected chi connectivity index (χ4v) is 1.67. The number of aromatic nitrogens is 3. The van der Waals surface area contributed by atoms with Gasteiger partial charge in [-0.1, -0.05) is 6.07 Å². The van der Waals surface area contributed by atoms with Crippen LogP contribution in [0.4, 0.5) is 5.82 Å². The van der Waals surface area contributed by atoms with Crippen LogP contribution in [0.3, 0.4) is 0 Å². The van der Waals surface area contributed by atoms with Crippen molar-refractivity contribution in [1.29, 1.82) is 0 Å². The SMILES string of the molecule is CC(C)(C)Nc1cnc(C(=O)NCc2cccnc2)cn1. The molecule has 0 atom stereocenters. The predicted octanol–water partition coefficient (Wildman–Crippen LogP) is 2.01. The minimum absolute atomic E-state index is 0.0984. The van der Waals surface area contributed by atoms with Crippen molar-refractivity contribution in [3.05, 3.63) is 48.2 Å². The van der Waals surface area contributed by atoms with Crippen LogP contribution in [-0.4, -0.2) is 26.4 Å². The predicted molar refractivity (Wildman–Crippen MR) is 80.8 cm³/mol. The van der Waals surface area contributed by atoms with Crippen LogP contribution in [0.5, 0.6) is 0 Å². The smallest absolute Gasteiger partial charge is 0.271 e. The van der Waals surface area contributed by atoms with Crippen molar-refractivity contribution in [2.75, 3.05) is 5.32 Å². The average molecular weight is 285 g/mol. The summed E-state index contributed by atoms with van der Waals surface area (Å²) in [5, 5.41) is 5.97. The highest BCUT2D eigenvalue weighted by molar-refractivity contribution is 5.91. The average Bonchev–Trinajstić information content (AvgIpc) is 2.45. The van der Waals surface area contributed by atoms with E-state index >= 15 is 0 Å². The van der Waals surface area contributed by atoms with Gasteiger partial charge in [-0.2, -0.15) is 0 Å². The number of nitrogens with zero attached hydrogens (tertiary/aromatic N) is 3. The minimum Gasteiger partial charge on any atom is -0.364 e. The highest BCUT2D eigenvalue weighted by Gasteiger charge is 2.12. The molecule has 0 unspecified atom stereocenters. The molecule has 0 aromatic carbocycles. The van der Waals surface area contributed by atoms with Gasteiger partial charge >= 0.3 is 0 Å². The first kappa shape index (κ1) is 14.9. The molecule has 1 amide bonds. The molecule has 6 nitrogen and oxygen atoms in total. The lowest BCUT2D eigenvalue weighted by Gasteiger charge is -2.20. The molecule has 2 heterocycles. The molecule has 2 aromatic rings. The van der Waals surface area contributed by atoms with Gasteiger partial charge in [0.05, 0.1) is 12.4 Å². The van der Waals surface area contributed by atoms with Gasteiger partial charge in [0.2, 0.25) is 0 Å². The highest BCUT2D eigenvalue weighted by atomic mass is 16.1. The molecule has 0 saturated carbocycles. The Morgan fingerprint density at radius 1 is 1.19 bits per heavy atom. The maximum atomic E-state index is 12.0. The van der Waals surface area contributed by atoms with Crippen molar-refractivity contribution < 1.29 is 4.79 Å². The number of carbonyl (C=O) groups excluding carboxylic acids is 1. The summed E-state index contributed by atoms with van der Waals surface area (Å²) in [5.74, 6) is 0.389. The Kier molecular flexibility index (Phi) is 4.47. The maximum absolute atomic E-state index is 12.0. The molecule has 0 aliphatic carbocycles. The Hall–Kier alpha value is -2.50. The molecule has 21 heavy (non-hydrogen) atoms. The third-order valence-electron chi connectivity index (χ3n) is 2.56. The Balaban J connectivity index is 1.94. The number of pyridine rings is 1. The summed E-state index contributed by atoms with van der Waals surface area (Å²) < 4.78 is 0. The Bertz CT molecular complexity index is 590. The standard InChI is InChI=1S/C15H19N5O/c1-15(2,3)20-13-10-17-12(9-18-13)14(21)19-8-11-5-4-6-16-7-11/h4-7,9-10H,8H2,1-3H3,(H,18,20)(H,19,21). The lowest BCUT2D eigenvalue weighted by Crippen LogP contribution is -2.27. The summed E-state index contributed by atoms with van der Waals surface area (Å²) in [7, 11) is 0. The van der Waals surface area contributed by atoms with Crippen LogP contribution in [0.25, 0.3) is 0 Å². The molecule has 2 aromatic heterocycles. The van der Waals surface area contributed by atoms with E-state index in [1.165, 1.54) is 6.20 Å². The minimum atomic E-state index is -0.256. The third-order valence-corrected chi connectivity index (χ3v) is 2.56. The van der Waals surface area contributed by atoms with Crippen LogP contribution in [0, 0.1) is 0 Å². The van der Waals surface area contributed by atoms with Crippen LogP contribution in [0.1, 0.15) is 36.8 Å². The zero-order valence-electron chi connectivity index (χ0n) is 12.4. The van der Waals surface area contributed by atoms with Crippen molar-refractivity contribution >= 4 is 11.7 Å². The van der Waals surface area contributed by atoms with E-state index in [9.17, 15) is 4.79 Å². The number of amides is 1. The van der Waals surface area contributed by atoms with Gasteiger partial charge in [-0.05, 0) is 32.4 Å². The molecule has 110 valence electrons. The van der Waals surface area contributed by atoms with Crippen LogP contribution in [-0.2, 0) is 6.54 Å². The quantitative estimate of drug-likeness (QED) is 0.898. The number of rotatable bonds is 4. The molecular weight excluding hydrogens is 266 g/mol. The Labute approximate surface area is 124 Å². The van der Waals surface area contributed by atoms with Crippen molar-refractivity contribution in [2.45, 2.75) is 32.9 Å². The molecule has 0 fully saturated rings. The largest absolute Gasteiger partial charge is 0.364 e. The summed E-state index contributed by atoms with van der Waals surface area (Å²) in [5.41, 5.74) is 1.13. The number of hydrogen-bond donors (Lipinski definition) is 2. The van der Waals surface area contributed by atoms with Gasteiger partial charge in [0.25, 0.3) is 5.91 Å². The first-order chi connectivity index (χ1) is 9.94. The monoisotopic (exact) mass is 285 g/mol. The van der Waals surface area contributed by atoms with Crippen LogP contribution in [0.2, 0.25) is 0 Å². The van der Waals surface area contributed by atoms with Gasteiger partial charge in [0, 0.05) is 24.5 Å². The summed E-state index contributed by atoms with van der Waals surface area (Å²) in [6.07, 6.45) is 6.43. The fraction of sp³-hybridized carbons (Fsp3) is 0.333. The molecule has 2 rings (SSSR count). The van der Waals surface area contributed by atoms with Crippen molar-refractivity contribution in [3.8, 4) is 0 Å². The normalized spacial score (nSPS) is 11.0. The maximum Gasteiger partial charge on any atom is 0.271 e. The van der Waals surface area contributed by atoms with E-state index in [1.54, 1.807) is 18.6 Å². The first-order valence-corrected chi connectivity index (χ1v) is 6.71. The zero-order chi connectivity index (χ0) is 15.3. The van der Waals surface area contributed by atoms with Gasteiger partial charge in [-0.25, -0.2) is 9.97 Å². The fourth-order valence-electron chi connectivity index (χ4n) is 1.67. The number of nitrogens with one attached hydrogen (secondary N) is 2. The molecule has 0 spiro atoms. The first-order valence-electron chi connectivity index (χ1n) is 6.71. The van der Waals surface area contributed by atoms with E-state index in [0.717, 1.165) is 5.56 Å². The summed E-state index contributed by atoms with van der Waals surface area (Å²) in [6.45, 7) is 6.51. The molecule has 6 heteroatoms. The zero-order valence-corrected chi connectivity index (χ0v) is 12.4. The molecule has 0 radical (unpaired) electrons.